The Morgan fingerprint density at radius 2 is 1.87 bits per heavy atom. The average Bonchev–Trinajstić information content (AvgIpc) is 2.54. The molecular formula is C14H27N3O5S. The summed E-state index contributed by atoms with van der Waals surface area (Å²) in [6.45, 7) is 8.68. The Kier molecular flexibility index (Phi) is 6.52. The number of likely N-dealkylation sites (tertiary alicyclic amines) is 2. The zero-order valence-corrected chi connectivity index (χ0v) is 14.7. The minimum absolute atomic E-state index is 0.143. The van der Waals surface area contributed by atoms with E-state index in [1.807, 2.05) is 6.92 Å². The van der Waals surface area contributed by atoms with Crippen LogP contribution in [0.1, 0.15) is 40.0 Å². The minimum Gasteiger partial charge on any atom is -0.338 e. The van der Waals surface area contributed by atoms with Crippen LogP contribution >= 0.6 is 0 Å². The molecule has 3 unspecified atom stereocenters. The Hall–Kier alpha value is -0.580. The first-order valence-corrected chi connectivity index (χ1v) is 9.16. The van der Waals surface area contributed by atoms with Gasteiger partial charge in [-0.3, -0.25) is 10.0 Å². The van der Waals surface area contributed by atoms with Gasteiger partial charge in [-0.05, 0) is 39.0 Å². The topological polar surface area (TPSA) is 93.6 Å². The van der Waals surface area contributed by atoms with E-state index >= 15 is 0 Å². The summed E-state index contributed by atoms with van der Waals surface area (Å²) < 4.78 is 15.4. The van der Waals surface area contributed by atoms with E-state index in [1.54, 1.807) is 4.90 Å². The number of hydroxylamine groups is 1. The molecule has 2 aliphatic rings. The number of rotatable bonds is 5. The van der Waals surface area contributed by atoms with Crippen molar-refractivity contribution in [2.45, 2.75) is 58.2 Å². The largest absolute Gasteiger partial charge is 0.338 e. The van der Waals surface area contributed by atoms with Gasteiger partial charge < -0.3 is 9.80 Å². The number of carbonyl (C=O) groups excluding carboxylic acids is 1. The molecule has 0 spiro atoms. The van der Waals surface area contributed by atoms with Gasteiger partial charge in [0, 0.05) is 31.7 Å². The summed E-state index contributed by atoms with van der Waals surface area (Å²) >= 11 is -2.45. The molecule has 1 amide bonds. The van der Waals surface area contributed by atoms with Crippen molar-refractivity contribution in [3.05, 3.63) is 0 Å². The second-order valence-corrected chi connectivity index (χ2v) is 7.65. The van der Waals surface area contributed by atoms with Crippen molar-refractivity contribution in [1.29, 1.82) is 0 Å². The first kappa shape index (κ1) is 18.8. The summed E-state index contributed by atoms with van der Waals surface area (Å²) in [6, 6.07) is -0.318. The van der Waals surface area contributed by atoms with Gasteiger partial charge in [0.25, 0.3) is 11.3 Å². The van der Waals surface area contributed by atoms with Crippen LogP contribution in [0, 0.1) is 5.92 Å². The van der Waals surface area contributed by atoms with Gasteiger partial charge in [0.2, 0.25) is 5.91 Å². The molecule has 0 aromatic heterocycles. The maximum atomic E-state index is 12.8. The van der Waals surface area contributed by atoms with Crippen LogP contribution in [0.4, 0.5) is 0 Å². The van der Waals surface area contributed by atoms with Gasteiger partial charge in [0.1, 0.15) is 6.04 Å². The van der Waals surface area contributed by atoms with E-state index < -0.39 is 17.3 Å². The quantitative estimate of drug-likeness (QED) is 0.565. The molecule has 0 aliphatic carbocycles. The first-order valence-electron chi connectivity index (χ1n) is 8.13. The lowest BCUT2D eigenvalue weighted by atomic mass is 9.90. The van der Waals surface area contributed by atoms with Crippen LogP contribution in [0.3, 0.4) is 0 Å². The second-order valence-electron chi connectivity index (χ2n) is 6.70. The molecule has 0 radical (unpaired) electrons. The third-order valence-corrected chi connectivity index (χ3v) is 5.69. The van der Waals surface area contributed by atoms with Gasteiger partial charge in [-0.15, -0.1) is 4.33 Å². The summed E-state index contributed by atoms with van der Waals surface area (Å²) in [6.07, 6.45) is 2.51. The van der Waals surface area contributed by atoms with Gasteiger partial charge in [-0.25, -0.2) is 9.47 Å². The Balaban J connectivity index is 2.04. The van der Waals surface area contributed by atoms with Gasteiger partial charge >= 0.3 is 0 Å². The summed E-state index contributed by atoms with van der Waals surface area (Å²) in [4.78, 5) is 16.9. The zero-order chi connectivity index (χ0) is 17.1. The van der Waals surface area contributed by atoms with Crippen LogP contribution in [0.2, 0.25) is 0 Å². The van der Waals surface area contributed by atoms with Crippen LogP contribution < -0.4 is 0 Å². The summed E-state index contributed by atoms with van der Waals surface area (Å²) in [5.41, 5.74) is 0. The number of hydrogen-bond acceptors (Lipinski definition) is 6. The number of nitrogens with zero attached hydrogens (tertiary/aromatic N) is 3. The smallest absolute Gasteiger partial charge is 0.290 e. The highest BCUT2D eigenvalue weighted by Crippen LogP contribution is 2.28. The third-order valence-electron chi connectivity index (χ3n) is 5.03. The van der Waals surface area contributed by atoms with E-state index in [0.29, 0.717) is 23.5 Å². The number of carbonyl (C=O) groups is 1. The molecule has 2 aliphatic heterocycles. The molecule has 0 aromatic carbocycles. The number of amides is 1. The van der Waals surface area contributed by atoms with Crippen molar-refractivity contribution in [3.63, 3.8) is 0 Å². The Morgan fingerprint density at radius 1 is 1.26 bits per heavy atom. The van der Waals surface area contributed by atoms with E-state index in [-0.39, 0.29) is 17.9 Å². The fourth-order valence-corrected chi connectivity index (χ4v) is 4.09. The third kappa shape index (κ3) is 4.09. The molecule has 23 heavy (non-hydrogen) atoms. The highest BCUT2D eigenvalue weighted by Gasteiger charge is 2.43. The molecule has 2 heterocycles. The number of piperidine rings is 2. The van der Waals surface area contributed by atoms with Gasteiger partial charge in [0.05, 0.1) is 0 Å². The van der Waals surface area contributed by atoms with Crippen molar-refractivity contribution < 1.29 is 23.8 Å². The Labute approximate surface area is 139 Å². The lowest BCUT2D eigenvalue weighted by Crippen LogP contribution is -2.59. The highest BCUT2D eigenvalue weighted by molar-refractivity contribution is 7.77. The molecule has 2 saturated heterocycles. The predicted molar refractivity (Wildman–Crippen MR) is 84.5 cm³/mol. The van der Waals surface area contributed by atoms with Crippen LogP contribution in [-0.4, -0.2) is 72.6 Å². The lowest BCUT2D eigenvalue weighted by molar-refractivity contribution is -0.171. The summed E-state index contributed by atoms with van der Waals surface area (Å²) in [7, 11) is 0. The van der Waals surface area contributed by atoms with E-state index in [2.05, 4.69) is 23.1 Å². The standard InChI is InChI=1S/C14H27N3O5S/c1-10(2)15-7-5-12(6-8-15)16-9-4-11(3)13(14(16)18)17(19)23(21)22-20/h10-13,19-20H,4-9H2,1-3H3. The molecule has 2 rings (SSSR count). The fourth-order valence-electron chi connectivity index (χ4n) is 3.54. The second kappa shape index (κ2) is 8.00. The van der Waals surface area contributed by atoms with Crippen LogP contribution in [0.5, 0.6) is 0 Å². The first-order chi connectivity index (χ1) is 10.9. The van der Waals surface area contributed by atoms with Gasteiger partial charge in [0.15, 0.2) is 0 Å². The van der Waals surface area contributed by atoms with Gasteiger partial charge in [-0.2, -0.15) is 0 Å². The molecule has 3 atom stereocenters. The predicted octanol–water partition coefficient (Wildman–Crippen LogP) is 0.856. The molecule has 0 saturated carbocycles. The maximum absolute atomic E-state index is 12.8. The van der Waals surface area contributed by atoms with E-state index in [0.717, 1.165) is 25.9 Å². The fraction of sp³-hybridized carbons (Fsp3) is 0.929. The van der Waals surface area contributed by atoms with Crippen LogP contribution in [0.25, 0.3) is 0 Å². The number of hydrogen-bond donors (Lipinski definition) is 2. The molecule has 2 fully saturated rings. The SMILES string of the molecule is CC1CCN(C2CCN(C(C)C)CC2)C(=O)C1N(O)S(=O)OO. The molecule has 0 aromatic rings. The zero-order valence-electron chi connectivity index (χ0n) is 13.9. The molecule has 2 N–H and O–H groups in total. The monoisotopic (exact) mass is 349 g/mol. The van der Waals surface area contributed by atoms with E-state index in [4.69, 9.17) is 5.26 Å². The van der Waals surface area contributed by atoms with Crippen molar-refractivity contribution in [2.24, 2.45) is 5.92 Å². The average molecular weight is 349 g/mol. The molecule has 134 valence electrons. The van der Waals surface area contributed by atoms with Crippen molar-refractivity contribution >= 4 is 17.2 Å². The Morgan fingerprint density at radius 3 is 2.39 bits per heavy atom. The van der Waals surface area contributed by atoms with E-state index in [9.17, 15) is 14.2 Å². The maximum Gasteiger partial charge on any atom is 0.290 e. The highest BCUT2D eigenvalue weighted by atomic mass is 32.2. The van der Waals surface area contributed by atoms with Crippen molar-refractivity contribution in [1.82, 2.24) is 14.3 Å². The van der Waals surface area contributed by atoms with Gasteiger partial charge in [-0.1, -0.05) is 11.4 Å². The summed E-state index contributed by atoms with van der Waals surface area (Å²) in [5.74, 6) is -0.418. The minimum atomic E-state index is -2.45. The lowest BCUT2D eigenvalue weighted by Gasteiger charge is -2.45. The van der Waals surface area contributed by atoms with Crippen LogP contribution in [-0.2, 0) is 20.4 Å². The Bertz CT molecular complexity index is 442. The van der Waals surface area contributed by atoms with Crippen LogP contribution in [0.15, 0.2) is 0 Å². The molecular weight excluding hydrogens is 322 g/mol. The molecule has 0 bridgehead atoms. The molecule has 8 nitrogen and oxygen atoms in total. The van der Waals surface area contributed by atoms with Crippen molar-refractivity contribution in [3.8, 4) is 0 Å². The normalized spacial score (nSPS) is 29.5. The summed E-state index contributed by atoms with van der Waals surface area (Å²) in [5, 5.41) is 18.4. The van der Waals surface area contributed by atoms with Crippen molar-refractivity contribution in [2.75, 3.05) is 19.6 Å². The molecule has 9 heteroatoms. The van der Waals surface area contributed by atoms with E-state index in [1.165, 1.54) is 0 Å².